The zero-order valence-corrected chi connectivity index (χ0v) is 12.7. The van der Waals surface area contributed by atoms with E-state index in [-0.39, 0.29) is 6.10 Å². The number of hydrogen-bond acceptors (Lipinski definition) is 6. The lowest BCUT2D eigenvalue weighted by Crippen LogP contribution is -2.37. The summed E-state index contributed by atoms with van der Waals surface area (Å²) in [7, 11) is 0. The van der Waals surface area contributed by atoms with Crippen LogP contribution in [0.1, 0.15) is 25.7 Å². The summed E-state index contributed by atoms with van der Waals surface area (Å²) in [4.78, 5) is 6.58. The molecule has 0 saturated carbocycles. The van der Waals surface area contributed by atoms with Crippen molar-refractivity contribution in [3.63, 3.8) is 0 Å². The first-order valence-corrected chi connectivity index (χ1v) is 7.71. The second-order valence-corrected chi connectivity index (χ2v) is 5.50. The molecule has 1 aromatic carbocycles. The molecular weight excluding hydrogens is 282 g/mol. The van der Waals surface area contributed by atoms with E-state index in [2.05, 4.69) is 15.0 Å². The molecule has 0 aliphatic carbocycles. The van der Waals surface area contributed by atoms with Gasteiger partial charge < -0.3 is 14.4 Å². The standard InChI is InChI=1S/C16H21N3O3/c1-2-21-14-7-5-12(6-8-14)16-17-15(22-18-16)11-19-9-3-4-13(20)10-19/h5-8,13,20H,2-4,9-11H2,1H3/t13-/m0/s1. The van der Waals surface area contributed by atoms with Gasteiger partial charge in [-0.15, -0.1) is 0 Å². The monoisotopic (exact) mass is 303 g/mol. The fourth-order valence-corrected chi connectivity index (χ4v) is 2.67. The molecule has 1 atom stereocenters. The highest BCUT2D eigenvalue weighted by atomic mass is 16.5. The van der Waals surface area contributed by atoms with Gasteiger partial charge in [0, 0.05) is 12.1 Å². The highest BCUT2D eigenvalue weighted by Gasteiger charge is 2.20. The van der Waals surface area contributed by atoms with Gasteiger partial charge >= 0.3 is 0 Å². The Kier molecular flexibility index (Phi) is 4.70. The quantitative estimate of drug-likeness (QED) is 0.912. The summed E-state index contributed by atoms with van der Waals surface area (Å²) < 4.78 is 10.7. The summed E-state index contributed by atoms with van der Waals surface area (Å²) in [6.07, 6.45) is 1.63. The van der Waals surface area contributed by atoms with Crippen molar-refractivity contribution in [2.45, 2.75) is 32.4 Å². The van der Waals surface area contributed by atoms with Gasteiger partial charge in [-0.2, -0.15) is 4.98 Å². The van der Waals surface area contributed by atoms with Crippen LogP contribution in [0.4, 0.5) is 0 Å². The summed E-state index contributed by atoms with van der Waals surface area (Å²) in [5.74, 6) is 1.99. The van der Waals surface area contributed by atoms with Gasteiger partial charge in [0.05, 0.1) is 19.3 Å². The Balaban J connectivity index is 1.65. The summed E-state index contributed by atoms with van der Waals surface area (Å²) >= 11 is 0. The zero-order chi connectivity index (χ0) is 15.4. The van der Waals surface area contributed by atoms with Crippen molar-refractivity contribution in [3.8, 4) is 17.1 Å². The third-order valence-electron chi connectivity index (χ3n) is 3.73. The average molecular weight is 303 g/mol. The van der Waals surface area contributed by atoms with Gasteiger partial charge in [-0.3, -0.25) is 4.90 Å². The molecule has 0 bridgehead atoms. The number of aromatic nitrogens is 2. The lowest BCUT2D eigenvalue weighted by Gasteiger charge is -2.28. The maximum Gasteiger partial charge on any atom is 0.241 e. The molecule has 3 rings (SSSR count). The molecular formula is C16H21N3O3. The van der Waals surface area contributed by atoms with E-state index < -0.39 is 0 Å². The number of β-amino-alcohol motifs (C(OH)–C–C–N with tert-alkyl or cyclic N) is 1. The highest BCUT2D eigenvalue weighted by molar-refractivity contribution is 5.55. The zero-order valence-electron chi connectivity index (χ0n) is 12.7. The molecule has 0 radical (unpaired) electrons. The number of hydrogen-bond donors (Lipinski definition) is 1. The van der Waals surface area contributed by atoms with E-state index in [1.165, 1.54) is 0 Å². The Morgan fingerprint density at radius 1 is 1.36 bits per heavy atom. The SMILES string of the molecule is CCOc1ccc(-c2noc(CN3CCC[C@H](O)C3)n2)cc1. The van der Waals surface area contributed by atoms with Crippen molar-refractivity contribution >= 4 is 0 Å². The molecule has 1 saturated heterocycles. The van der Waals surface area contributed by atoms with Crippen LogP contribution in [0.2, 0.25) is 0 Å². The van der Waals surface area contributed by atoms with E-state index in [9.17, 15) is 5.11 Å². The van der Waals surface area contributed by atoms with Gasteiger partial charge in [0.15, 0.2) is 0 Å². The first-order valence-electron chi connectivity index (χ1n) is 7.71. The summed E-state index contributed by atoms with van der Waals surface area (Å²) in [6, 6.07) is 7.64. The van der Waals surface area contributed by atoms with Crippen LogP contribution < -0.4 is 4.74 Å². The normalized spacial score (nSPS) is 19.3. The van der Waals surface area contributed by atoms with Crippen LogP contribution in [0.15, 0.2) is 28.8 Å². The number of ether oxygens (including phenoxy) is 1. The molecule has 1 aromatic heterocycles. The van der Waals surface area contributed by atoms with Crippen LogP contribution >= 0.6 is 0 Å². The molecule has 6 heteroatoms. The van der Waals surface area contributed by atoms with Crippen molar-refractivity contribution in [2.24, 2.45) is 0 Å². The van der Waals surface area contributed by atoms with E-state index in [4.69, 9.17) is 9.26 Å². The molecule has 1 N–H and O–H groups in total. The number of nitrogens with zero attached hydrogens (tertiary/aromatic N) is 3. The van der Waals surface area contributed by atoms with Gasteiger partial charge in [0.1, 0.15) is 5.75 Å². The maximum absolute atomic E-state index is 9.69. The molecule has 1 aliphatic rings. The van der Waals surface area contributed by atoms with Crippen LogP contribution in [0, 0.1) is 0 Å². The molecule has 1 aliphatic heterocycles. The van der Waals surface area contributed by atoms with Crippen molar-refractivity contribution in [2.75, 3.05) is 19.7 Å². The summed E-state index contributed by atoms with van der Waals surface area (Å²) in [6.45, 7) is 4.81. The molecule has 0 amide bonds. The van der Waals surface area contributed by atoms with Crippen LogP contribution in [-0.2, 0) is 6.54 Å². The maximum atomic E-state index is 9.69. The minimum Gasteiger partial charge on any atom is -0.494 e. The second kappa shape index (κ2) is 6.89. The number of rotatable bonds is 5. The van der Waals surface area contributed by atoms with Crippen LogP contribution in [0.25, 0.3) is 11.4 Å². The third-order valence-corrected chi connectivity index (χ3v) is 3.73. The van der Waals surface area contributed by atoms with Crippen molar-refractivity contribution in [3.05, 3.63) is 30.2 Å². The minimum absolute atomic E-state index is 0.248. The first kappa shape index (κ1) is 15.0. The molecule has 2 heterocycles. The van der Waals surface area contributed by atoms with Crippen molar-refractivity contribution in [1.29, 1.82) is 0 Å². The van der Waals surface area contributed by atoms with Gasteiger partial charge in [0.25, 0.3) is 0 Å². The number of benzene rings is 1. The van der Waals surface area contributed by atoms with Gasteiger partial charge in [-0.25, -0.2) is 0 Å². The van der Waals surface area contributed by atoms with E-state index in [1.54, 1.807) is 0 Å². The lowest BCUT2D eigenvalue weighted by atomic mass is 10.1. The molecule has 0 spiro atoms. The summed E-state index contributed by atoms with van der Waals surface area (Å²) in [5, 5.41) is 13.7. The van der Waals surface area contributed by atoms with Gasteiger partial charge in [0.2, 0.25) is 11.7 Å². The fourth-order valence-electron chi connectivity index (χ4n) is 2.67. The molecule has 1 fully saturated rings. The third kappa shape index (κ3) is 3.64. The summed E-state index contributed by atoms with van der Waals surface area (Å²) in [5.41, 5.74) is 0.900. The molecule has 22 heavy (non-hydrogen) atoms. The first-order chi connectivity index (χ1) is 10.7. The second-order valence-electron chi connectivity index (χ2n) is 5.50. The Labute approximate surface area is 129 Å². The van der Waals surface area contributed by atoms with E-state index in [0.29, 0.717) is 31.4 Å². The Bertz CT molecular complexity index is 597. The average Bonchev–Trinajstić information content (AvgIpc) is 2.97. The fraction of sp³-hybridized carbons (Fsp3) is 0.500. The minimum atomic E-state index is -0.248. The number of aliphatic hydroxyl groups is 1. The number of aliphatic hydroxyl groups excluding tert-OH is 1. The Morgan fingerprint density at radius 3 is 2.91 bits per heavy atom. The molecule has 2 aromatic rings. The van der Waals surface area contributed by atoms with E-state index >= 15 is 0 Å². The predicted octanol–water partition coefficient (Wildman–Crippen LogP) is 2.09. The van der Waals surface area contributed by atoms with Gasteiger partial charge in [-0.05, 0) is 50.6 Å². The molecule has 0 unspecified atom stereocenters. The topological polar surface area (TPSA) is 71.6 Å². The Morgan fingerprint density at radius 2 is 2.18 bits per heavy atom. The van der Waals surface area contributed by atoms with Crippen molar-refractivity contribution < 1.29 is 14.4 Å². The number of piperidine rings is 1. The largest absolute Gasteiger partial charge is 0.494 e. The van der Waals surface area contributed by atoms with E-state index in [1.807, 2.05) is 31.2 Å². The molecule has 118 valence electrons. The lowest BCUT2D eigenvalue weighted by molar-refractivity contribution is 0.0613. The smallest absolute Gasteiger partial charge is 0.241 e. The van der Waals surface area contributed by atoms with Crippen LogP contribution in [0.3, 0.4) is 0 Å². The van der Waals surface area contributed by atoms with Crippen molar-refractivity contribution in [1.82, 2.24) is 15.0 Å². The van der Waals surface area contributed by atoms with Gasteiger partial charge in [-0.1, -0.05) is 5.16 Å². The predicted molar refractivity (Wildman–Crippen MR) is 81.4 cm³/mol. The molecule has 6 nitrogen and oxygen atoms in total. The number of likely N-dealkylation sites (tertiary alicyclic amines) is 1. The van der Waals surface area contributed by atoms with E-state index in [0.717, 1.165) is 30.7 Å². The van der Waals surface area contributed by atoms with Crippen LogP contribution in [-0.4, -0.2) is 45.9 Å². The van der Waals surface area contributed by atoms with Crippen LogP contribution in [0.5, 0.6) is 5.75 Å². The Hall–Kier alpha value is -1.92. The highest BCUT2D eigenvalue weighted by Crippen LogP contribution is 2.21.